The summed E-state index contributed by atoms with van der Waals surface area (Å²) in [6.07, 6.45) is 1.47. The molecular formula is C28H27N5O5S. The molecule has 10 nitrogen and oxygen atoms in total. The number of benzene rings is 3. The van der Waals surface area contributed by atoms with Gasteiger partial charge in [0.2, 0.25) is 0 Å². The van der Waals surface area contributed by atoms with Crippen molar-refractivity contribution in [2.45, 2.75) is 19.0 Å². The zero-order valence-electron chi connectivity index (χ0n) is 21.7. The second-order valence-corrected chi connectivity index (χ2v) is 8.96. The van der Waals surface area contributed by atoms with E-state index in [1.807, 2.05) is 66.1 Å². The molecule has 0 spiro atoms. The first kappa shape index (κ1) is 27.4. The third-order valence-electron chi connectivity index (χ3n) is 5.25. The molecule has 1 amide bonds. The van der Waals surface area contributed by atoms with E-state index in [2.05, 4.69) is 20.7 Å². The normalized spacial score (nSPS) is 10.8. The molecular weight excluding hydrogens is 518 g/mol. The number of rotatable bonds is 11. The van der Waals surface area contributed by atoms with Crippen molar-refractivity contribution in [2.75, 3.05) is 19.5 Å². The Kier molecular flexibility index (Phi) is 9.30. The zero-order valence-corrected chi connectivity index (χ0v) is 22.5. The van der Waals surface area contributed by atoms with Crippen molar-refractivity contribution in [3.8, 4) is 34.3 Å². The number of amides is 1. The van der Waals surface area contributed by atoms with Gasteiger partial charge in [0.15, 0.2) is 22.5 Å². The molecule has 11 heteroatoms. The highest BCUT2D eigenvalue weighted by molar-refractivity contribution is 7.99. The molecule has 3 aromatic carbocycles. The molecule has 0 aliphatic rings. The van der Waals surface area contributed by atoms with Gasteiger partial charge in [-0.25, -0.2) is 5.43 Å². The Morgan fingerprint density at radius 2 is 1.79 bits per heavy atom. The van der Waals surface area contributed by atoms with Crippen LogP contribution in [0.15, 0.2) is 83.1 Å². The summed E-state index contributed by atoms with van der Waals surface area (Å²) in [5.41, 5.74) is 4.91. The smallest absolute Gasteiger partial charge is 0.308 e. The maximum Gasteiger partial charge on any atom is 0.308 e. The van der Waals surface area contributed by atoms with Crippen LogP contribution in [-0.4, -0.2) is 52.3 Å². The van der Waals surface area contributed by atoms with Gasteiger partial charge < -0.3 is 14.2 Å². The van der Waals surface area contributed by atoms with Crippen molar-refractivity contribution in [2.24, 2.45) is 5.10 Å². The highest BCUT2D eigenvalue weighted by atomic mass is 32.2. The standard InChI is InChI=1S/C28H27N5O5S/c1-4-37-23-13-11-22(12-14-23)33-27(21-8-6-5-7-9-21)31-32-28(33)39-18-26(35)30-29-17-20-10-15-24(38-19(2)34)25(16-20)36-3/h5-17H,4,18H2,1-3H3,(H,30,35). The fourth-order valence-electron chi connectivity index (χ4n) is 3.57. The predicted molar refractivity (Wildman–Crippen MR) is 149 cm³/mol. The van der Waals surface area contributed by atoms with Gasteiger partial charge in [-0.05, 0) is 55.0 Å². The Morgan fingerprint density at radius 3 is 2.49 bits per heavy atom. The topological polar surface area (TPSA) is 117 Å². The quantitative estimate of drug-likeness (QED) is 0.0962. The molecule has 0 saturated carbocycles. The molecule has 0 atom stereocenters. The third kappa shape index (κ3) is 7.23. The molecule has 0 aliphatic heterocycles. The lowest BCUT2D eigenvalue weighted by Crippen LogP contribution is -2.20. The SMILES string of the molecule is CCOc1ccc(-n2c(SCC(=O)NN=Cc3ccc(OC(C)=O)c(OC)c3)nnc2-c2ccccc2)cc1. The van der Waals surface area contributed by atoms with E-state index in [1.54, 1.807) is 18.2 Å². The number of nitrogens with zero attached hydrogens (tertiary/aromatic N) is 4. The van der Waals surface area contributed by atoms with Gasteiger partial charge >= 0.3 is 5.97 Å². The van der Waals surface area contributed by atoms with E-state index in [0.717, 1.165) is 17.0 Å². The van der Waals surface area contributed by atoms with Crippen LogP contribution in [0.25, 0.3) is 17.1 Å². The van der Waals surface area contributed by atoms with Crippen molar-refractivity contribution < 1.29 is 23.8 Å². The Morgan fingerprint density at radius 1 is 1.03 bits per heavy atom. The number of thioether (sulfide) groups is 1. The molecule has 0 unspecified atom stereocenters. The number of ether oxygens (including phenoxy) is 3. The lowest BCUT2D eigenvalue weighted by atomic mass is 10.2. The van der Waals surface area contributed by atoms with Crippen LogP contribution in [0.3, 0.4) is 0 Å². The predicted octanol–water partition coefficient (Wildman–Crippen LogP) is 4.51. The fourth-order valence-corrected chi connectivity index (χ4v) is 4.32. The summed E-state index contributed by atoms with van der Waals surface area (Å²) in [7, 11) is 1.47. The van der Waals surface area contributed by atoms with Crippen LogP contribution in [0.4, 0.5) is 0 Å². The Bertz CT molecular complexity index is 1460. The summed E-state index contributed by atoms with van der Waals surface area (Å²) >= 11 is 1.24. The van der Waals surface area contributed by atoms with Gasteiger partial charge in [-0.2, -0.15) is 5.10 Å². The number of methoxy groups -OCH3 is 1. The number of hydrogen-bond donors (Lipinski definition) is 1. The van der Waals surface area contributed by atoms with Gasteiger partial charge in [0.05, 0.1) is 25.7 Å². The van der Waals surface area contributed by atoms with Gasteiger partial charge in [-0.3, -0.25) is 14.2 Å². The highest BCUT2D eigenvalue weighted by Gasteiger charge is 2.17. The van der Waals surface area contributed by atoms with Gasteiger partial charge in [-0.15, -0.1) is 10.2 Å². The number of hydrazone groups is 1. The maximum atomic E-state index is 12.5. The van der Waals surface area contributed by atoms with E-state index in [1.165, 1.54) is 32.0 Å². The van der Waals surface area contributed by atoms with E-state index in [-0.39, 0.29) is 11.7 Å². The van der Waals surface area contributed by atoms with Crippen molar-refractivity contribution in [1.82, 2.24) is 20.2 Å². The number of esters is 1. The van der Waals surface area contributed by atoms with Gasteiger partial charge in [0.1, 0.15) is 5.75 Å². The Hall–Kier alpha value is -4.64. The Labute approximate surface area is 230 Å². The molecule has 39 heavy (non-hydrogen) atoms. The summed E-state index contributed by atoms with van der Waals surface area (Å²) in [6.45, 7) is 3.82. The molecule has 1 aromatic heterocycles. The van der Waals surface area contributed by atoms with E-state index in [9.17, 15) is 9.59 Å². The minimum Gasteiger partial charge on any atom is -0.494 e. The second-order valence-electron chi connectivity index (χ2n) is 8.02. The van der Waals surface area contributed by atoms with Crippen molar-refractivity contribution >= 4 is 29.9 Å². The molecule has 200 valence electrons. The molecule has 0 radical (unpaired) electrons. The first-order chi connectivity index (χ1) is 19.0. The summed E-state index contributed by atoms with van der Waals surface area (Å²) < 4.78 is 17.8. The molecule has 1 N–H and O–H groups in total. The summed E-state index contributed by atoms with van der Waals surface area (Å²) in [6, 6.07) is 22.3. The van der Waals surface area contributed by atoms with E-state index < -0.39 is 5.97 Å². The van der Waals surface area contributed by atoms with Crippen LogP contribution in [0.2, 0.25) is 0 Å². The van der Waals surface area contributed by atoms with Crippen LogP contribution in [0, 0.1) is 0 Å². The molecule has 4 aromatic rings. The minimum atomic E-state index is -0.450. The maximum absolute atomic E-state index is 12.5. The van der Waals surface area contributed by atoms with Gasteiger partial charge in [-0.1, -0.05) is 42.1 Å². The van der Waals surface area contributed by atoms with Crippen molar-refractivity contribution in [1.29, 1.82) is 0 Å². The third-order valence-corrected chi connectivity index (χ3v) is 6.18. The summed E-state index contributed by atoms with van der Waals surface area (Å²) in [5, 5.41) is 13.3. The number of carbonyl (C=O) groups excluding carboxylic acids is 2. The first-order valence-electron chi connectivity index (χ1n) is 12.0. The average Bonchev–Trinajstić information content (AvgIpc) is 3.37. The van der Waals surface area contributed by atoms with E-state index in [4.69, 9.17) is 14.2 Å². The van der Waals surface area contributed by atoms with Crippen LogP contribution >= 0.6 is 11.8 Å². The number of aromatic nitrogens is 3. The van der Waals surface area contributed by atoms with Crippen molar-refractivity contribution in [3.05, 3.63) is 78.4 Å². The number of nitrogens with one attached hydrogen (secondary N) is 1. The van der Waals surface area contributed by atoms with Gasteiger partial charge in [0, 0.05) is 18.2 Å². The molecule has 4 rings (SSSR count). The zero-order chi connectivity index (χ0) is 27.6. The molecule has 0 saturated heterocycles. The van der Waals surface area contributed by atoms with E-state index >= 15 is 0 Å². The monoisotopic (exact) mass is 545 g/mol. The van der Waals surface area contributed by atoms with Crippen molar-refractivity contribution in [3.63, 3.8) is 0 Å². The van der Waals surface area contributed by atoms with Crippen LogP contribution in [0.5, 0.6) is 17.2 Å². The number of carbonyl (C=O) groups is 2. The first-order valence-corrected chi connectivity index (χ1v) is 13.0. The van der Waals surface area contributed by atoms with Crippen LogP contribution in [0.1, 0.15) is 19.4 Å². The minimum absolute atomic E-state index is 0.0655. The summed E-state index contributed by atoms with van der Waals surface area (Å²) in [5.74, 6) is 1.40. The summed E-state index contributed by atoms with van der Waals surface area (Å²) in [4.78, 5) is 23.8. The van der Waals surface area contributed by atoms with E-state index in [0.29, 0.717) is 34.7 Å². The second kappa shape index (κ2) is 13.2. The average molecular weight is 546 g/mol. The lowest BCUT2D eigenvalue weighted by Gasteiger charge is -2.11. The largest absolute Gasteiger partial charge is 0.494 e. The van der Waals surface area contributed by atoms with Gasteiger partial charge in [0.25, 0.3) is 5.91 Å². The Balaban J connectivity index is 1.46. The van der Waals surface area contributed by atoms with Crippen LogP contribution in [-0.2, 0) is 9.59 Å². The lowest BCUT2D eigenvalue weighted by molar-refractivity contribution is -0.132. The highest BCUT2D eigenvalue weighted by Crippen LogP contribution is 2.29. The molecule has 0 bridgehead atoms. The molecule has 0 fully saturated rings. The van der Waals surface area contributed by atoms with Crippen LogP contribution < -0.4 is 19.6 Å². The fraction of sp³-hybridized carbons (Fsp3) is 0.179. The molecule has 1 heterocycles. The number of hydrogen-bond acceptors (Lipinski definition) is 9. The molecule has 0 aliphatic carbocycles.